The van der Waals surface area contributed by atoms with E-state index in [1.165, 1.54) is 0 Å². The number of hydrogen-bond donors (Lipinski definition) is 1. The number of carboxylic acids is 1. The Balaban J connectivity index is 2.41. The number of aliphatic carboxylic acids is 1. The Morgan fingerprint density at radius 3 is 3.17 bits per heavy atom. The van der Waals surface area contributed by atoms with Crippen molar-refractivity contribution in [3.05, 3.63) is 23.7 Å². The third-order valence-electron chi connectivity index (χ3n) is 2.44. The van der Waals surface area contributed by atoms with E-state index in [2.05, 4.69) is 0 Å². The van der Waals surface area contributed by atoms with Gasteiger partial charge in [0.25, 0.3) is 0 Å². The molecule has 1 aromatic heterocycles. The number of carboxylic acid groups (broad SMARTS) is 1. The molecule has 1 N–H and O–H groups in total. The second-order valence-corrected chi connectivity index (χ2v) is 3.31. The van der Waals surface area contributed by atoms with E-state index in [0.29, 0.717) is 5.76 Å². The summed E-state index contributed by atoms with van der Waals surface area (Å²) in [6, 6.07) is 1.86. The van der Waals surface area contributed by atoms with E-state index < -0.39 is 11.9 Å². The fourth-order valence-corrected chi connectivity index (χ4v) is 1.87. The molecule has 0 bridgehead atoms. The SMILES string of the molecule is CC1Cc2ccoc2C1C(=O)O. The highest BCUT2D eigenvalue weighted by molar-refractivity contribution is 5.77. The largest absolute Gasteiger partial charge is 0.481 e. The summed E-state index contributed by atoms with van der Waals surface area (Å²) in [6.45, 7) is 1.94. The predicted octanol–water partition coefficient (Wildman–Crippen LogP) is 1.64. The van der Waals surface area contributed by atoms with Gasteiger partial charge in [-0.25, -0.2) is 0 Å². The molecule has 2 atom stereocenters. The van der Waals surface area contributed by atoms with Crippen LogP contribution < -0.4 is 0 Å². The molecule has 3 heteroatoms. The molecule has 0 radical (unpaired) electrons. The second kappa shape index (κ2) is 2.37. The number of carbonyl (C=O) groups is 1. The van der Waals surface area contributed by atoms with Crippen LogP contribution >= 0.6 is 0 Å². The zero-order valence-electron chi connectivity index (χ0n) is 6.78. The van der Waals surface area contributed by atoms with Crippen molar-refractivity contribution in [2.24, 2.45) is 5.92 Å². The van der Waals surface area contributed by atoms with Gasteiger partial charge in [-0.2, -0.15) is 0 Å². The maximum atomic E-state index is 10.8. The molecular weight excluding hydrogens is 156 g/mol. The van der Waals surface area contributed by atoms with Crippen molar-refractivity contribution in [2.45, 2.75) is 19.3 Å². The van der Waals surface area contributed by atoms with Gasteiger partial charge in [0.2, 0.25) is 0 Å². The Hall–Kier alpha value is -1.25. The average Bonchev–Trinajstić information content (AvgIpc) is 2.44. The molecule has 1 heterocycles. The number of fused-ring (bicyclic) bond motifs is 1. The molecule has 1 aliphatic rings. The highest BCUT2D eigenvalue weighted by Crippen LogP contribution is 2.38. The van der Waals surface area contributed by atoms with E-state index in [1.54, 1.807) is 6.26 Å². The number of hydrogen-bond acceptors (Lipinski definition) is 2. The van der Waals surface area contributed by atoms with Crippen LogP contribution in [0.4, 0.5) is 0 Å². The van der Waals surface area contributed by atoms with Gasteiger partial charge in [0.1, 0.15) is 11.7 Å². The third-order valence-corrected chi connectivity index (χ3v) is 2.44. The summed E-state index contributed by atoms with van der Waals surface area (Å²) in [7, 11) is 0. The van der Waals surface area contributed by atoms with Gasteiger partial charge in [0.05, 0.1) is 6.26 Å². The molecule has 3 nitrogen and oxygen atoms in total. The molecule has 2 rings (SSSR count). The van der Waals surface area contributed by atoms with Crippen molar-refractivity contribution in [1.82, 2.24) is 0 Å². The number of rotatable bonds is 1. The molecule has 0 saturated heterocycles. The monoisotopic (exact) mass is 166 g/mol. The lowest BCUT2D eigenvalue weighted by atomic mass is 9.98. The van der Waals surface area contributed by atoms with Gasteiger partial charge in [0.15, 0.2) is 0 Å². The lowest BCUT2D eigenvalue weighted by molar-refractivity contribution is -0.140. The minimum absolute atomic E-state index is 0.164. The quantitative estimate of drug-likeness (QED) is 0.689. The van der Waals surface area contributed by atoms with Gasteiger partial charge >= 0.3 is 5.97 Å². The van der Waals surface area contributed by atoms with Crippen molar-refractivity contribution in [1.29, 1.82) is 0 Å². The summed E-state index contributed by atoms with van der Waals surface area (Å²) in [4.78, 5) is 10.8. The van der Waals surface area contributed by atoms with Crippen LogP contribution in [-0.4, -0.2) is 11.1 Å². The Labute approximate surface area is 70.0 Å². The van der Waals surface area contributed by atoms with E-state index in [1.807, 2.05) is 13.0 Å². The van der Waals surface area contributed by atoms with E-state index in [-0.39, 0.29) is 5.92 Å². The highest BCUT2D eigenvalue weighted by Gasteiger charge is 2.37. The molecule has 1 aliphatic carbocycles. The molecule has 64 valence electrons. The predicted molar refractivity (Wildman–Crippen MR) is 42.0 cm³/mol. The molecule has 0 spiro atoms. The van der Waals surface area contributed by atoms with Gasteiger partial charge in [-0.05, 0) is 24.0 Å². The Bertz CT molecular complexity index is 313. The van der Waals surface area contributed by atoms with Gasteiger partial charge in [-0.15, -0.1) is 0 Å². The first-order valence-electron chi connectivity index (χ1n) is 3.99. The van der Waals surface area contributed by atoms with Crippen LogP contribution in [0.15, 0.2) is 16.7 Å². The summed E-state index contributed by atoms with van der Waals surface area (Å²) < 4.78 is 5.14. The first-order valence-corrected chi connectivity index (χ1v) is 3.99. The summed E-state index contributed by atoms with van der Waals surface area (Å²) >= 11 is 0. The van der Waals surface area contributed by atoms with Crippen LogP contribution in [0.2, 0.25) is 0 Å². The topological polar surface area (TPSA) is 50.4 Å². The van der Waals surface area contributed by atoms with Gasteiger partial charge in [0, 0.05) is 0 Å². The van der Waals surface area contributed by atoms with Crippen LogP contribution in [0.5, 0.6) is 0 Å². The van der Waals surface area contributed by atoms with E-state index in [9.17, 15) is 4.79 Å². The molecule has 12 heavy (non-hydrogen) atoms. The molecule has 0 aliphatic heterocycles. The van der Waals surface area contributed by atoms with Gasteiger partial charge < -0.3 is 9.52 Å². The van der Waals surface area contributed by atoms with Crippen LogP contribution in [0, 0.1) is 5.92 Å². The highest BCUT2D eigenvalue weighted by atomic mass is 16.4. The van der Waals surface area contributed by atoms with E-state index in [0.717, 1.165) is 12.0 Å². The molecule has 0 saturated carbocycles. The minimum atomic E-state index is -0.781. The lowest BCUT2D eigenvalue weighted by Crippen LogP contribution is -2.14. The Morgan fingerprint density at radius 2 is 2.50 bits per heavy atom. The standard InChI is InChI=1S/C9H10O3/c1-5-4-6-2-3-12-8(6)7(5)9(10)11/h2-3,5,7H,4H2,1H3,(H,10,11). The van der Waals surface area contributed by atoms with Crippen molar-refractivity contribution >= 4 is 5.97 Å². The van der Waals surface area contributed by atoms with E-state index in [4.69, 9.17) is 9.52 Å². The number of furan rings is 1. The van der Waals surface area contributed by atoms with Crippen molar-refractivity contribution < 1.29 is 14.3 Å². The smallest absolute Gasteiger partial charge is 0.314 e. The molecule has 1 aromatic rings. The summed E-state index contributed by atoms with van der Waals surface area (Å²) in [5, 5.41) is 8.89. The summed E-state index contributed by atoms with van der Waals surface area (Å²) in [5.41, 5.74) is 1.05. The second-order valence-electron chi connectivity index (χ2n) is 3.31. The molecule has 2 unspecified atom stereocenters. The van der Waals surface area contributed by atoms with Gasteiger partial charge in [-0.1, -0.05) is 6.92 Å². The first kappa shape index (κ1) is 7.40. The first-order chi connectivity index (χ1) is 5.70. The fraction of sp³-hybridized carbons (Fsp3) is 0.444. The third kappa shape index (κ3) is 0.858. The maximum Gasteiger partial charge on any atom is 0.314 e. The Morgan fingerprint density at radius 1 is 1.75 bits per heavy atom. The van der Waals surface area contributed by atoms with Crippen LogP contribution in [0.1, 0.15) is 24.2 Å². The van der Waals surface area contributed by atoms with Crippen molar-refractivity contribution in [3.63, 3.8) is 0 Å². The maximum absolute atomic E-state index is 10.8. The zero-order chi connectivity index (χ0) is 8.72. The van der Waals surface area contributed by atoms with Crippen molar-refractivity contribution in [3.8, 4) is 0 Å². The lowest BCUT2D eigenvalue weighted by Gasteiger charge is -2.08. The molecule has 0 fully saturated rings. The fourth-order valence-electron chi connectivity index (χ4n) is 1.87. The van der Waals surface area contributed by atoms with Crippen LogP contribution in [0.25, 0.3) is 0 Å². The van der Waals surface area contributed by atoms with Crippen molar-refractivity contribution in [2.75, 3.05) is 0 Å². The van der Waals surface area contributed by atoms with Crippen LogP contribution in [0.3, 0.4) is 0 Å². The normalized spacial score (nSPS) is 27.1. The minimum Gasteiger partial charge on any atom is -0.481 e. The molecule has 0 aromatic carbocycles. The summed E-state index contributed by atoms with van der Waals surface area (Å²) in [6.07, 6.45) is 2.38. The molecular formula is C9H10O3. The Kier molecular flexibility index (Phi) is 1.46. The summed E-state index contributed by atoms with van der Waals surface area (Å²) in [5.74, 6) is -0.404. The molecule has 0 amide bonds. The zero-order valence-corrected chi connectivity index (χ0v) is 6.78. The van der Waals surface area contributed by atoms with E-state index >= 15 is 0 Å². The van der Waals surface area contributed by atoms with Gasteiger partial charge in [-0.3, -0.25) is 4.79 Å². The average molecular weight is 166 g/mol. The van der Waals surface area contributed by atoms with Crippen LogP contribution in [-0.2, 0) is 11.2 Å².